The Balaban J connectivity index is 2.35. The van der Waals surface area contributed by atoms with Gasteiger partial charge in [-0.05, 0) is 36.8 Å². The number of aryl methyl sites for hydroxylation is 1. The van der Waals surface area contributed by atoms with E-state index in [1.165, 1.54) is 19.2 Å². The lowest BCUT2D eigenvalue weighted by Gasteiger charge is -2.11. The zero-order valence-electron chi connectivity index (χ0n) is 11.3. The number of carbonyl (C=O) groups excluding carboxylic acids is 1. The normalized spacial score (nSPS) is 10.3. The molecule has 0 unspecified atom stereocenters. The third-order valence-electron chi connectivity index (χ3n) is 2.83. The first kappa shape index (κ1) is 15.4. The number of ether oxygens (including phenoxy) is 1. The second-order valence-electron chi connectivity index (χ2n) is 4.26. The molecule has 0 aliphatic heterocycles. The van der Waals surface area contributed by atoms with E-state index in [2.05, 4.69) is 10.3 Å². The lowest BCUT2D eigenvalue weighted by Crippen LogP contribution is -2.14. The van der Waals surface area contributed by atoms with Gasteiger partial charge >= 0.3 is 0 Å². The summed E-state index contributed by atoms with van der Waals surface area (Å²) in [6.07, 6.45) is 0. The highest BCUT2D eigenvalue weighted by Gasteiger charge is 2.16. The average Bonchev–Trinajstić information content (AvgIpc) is 2.43. The van der Waals surface area contributed by atoms with Crippen LogP contribution in [-0.4, -0.2) is 23.1 Å². The topological polar surface area (TPSA) is 71.5 Å². The fraction of sp³-hybridized carbons (Fsp3) is 0.143. The molecular weight excluding hydrogens is 315 g/mol. The molecule has 0 saturated carbocycles. The maximum absolute atomic E-state index is 12.2. The predicted molar refractivity (Wildman–Crippen MR) is 81.6 cm³/mol. The van der Waals surface area contributed by atoms with Gasteiger partial charge in [0.2, 0.25) is 0 Å². The van der Waals surface area contributed by atoms with Gasteiger partial charge in [0.15, 0.2) is 5.15 Å². The molecule has 1 heterocycles. The molecule has 2 aromatic rings. The van der Waals surface area contributed by atoms with E-state index in [1.807, 2.05) is 0 Å². The van der Waals surface area contributed by atoms with E-state index < -0.39 is 5.91 Å². The number of anilines is 1. The van der Waals surface area contributed by atoms with Crippen LogP contribution < -0.4 is 10.1 Å². The molecule has 0 bridgehead atoms. The van der Waals surface area contributed by atoms with Crippen LogP contribution in [0.1, 0.15) is 15.9 Å². The number of amides is 1. The zero-order valence-corrected chi connectivity index (χ0v) is 12.8. The zero-order chi connectivity index (χ0) is 15.6. The first-order valence-corrected chi connectivity index (χ1v) is 6.69. The third-order valence-corrected chi connectivity index (χ3v) is 3.30. The minimum absolute atomic E-state index is 0.0692. The maximum atomic E-state index is 12.2. The molecule has 2 rings (SSSR count). The molecule has 1 aromatic heterocycles. The van der Waals surface area contributed by atoms with Gasteiger partial charge in [0, 0.05) is 0 Å². The van der Waals surface area contributed by atoms with Crippen LogP contribution >= 0.6 is 23.2 Å². The summed E-state index contributed by atoms with van der Waals surface area (Å²) in [5.74, 6) is -0.237. The SMILES string of the molecule is COc1ccc(O)c(C(=O)Nc2c(C)cc(Cl)nc2Cl)c1. The first-order valence-electron chi connectivity index (χ1n) is 5.93. The number of halogens is 2. The van der Waals surface area contributed by atoms with Gasteiger partial charge in [-0.25, -0.2) is 4.98 Å². The molecule has 0 fully saturated rings. The summed E-state index contributed by atoms with van der Waals surface area (Å²) in [6.45, 7) is 1.74. The Morgan fingerprint density at radius 3 is 2.67 bits per heavy atom. The number of benzene rings is 1. The number of aromatic nitrogens is 1. The molecule has 110 valence electrons. The molecular formula is C14H12Cl2N2O3. The van der Waals surface area contributed by atoms with Crippen molar-refractivity contribution in [1.82, 2.24) is 4.98 Å². The van der Waals surface area contributed by atoms with Crippen molar-refractivity contribution in [3.63, 3.8) is 0 Å². The molecule has 0 radical (unpaired) electrons. The molecule has 5 nitrogen and oxygen atoms in total. The summed E-state index contributed by atoms with van der Waals surface area (Å²) in [5, 5.41) is 12.7. The lowest BCUT2D eigenvalue weighted by molar-refractivity contribution is 0.102. The number of nitrogens with one attached hydrogen (secondary N) is 1. The van der Waals surface area contributed by atoms with Gasteiger partial charge in [-0.2, -0.15) is 0 Å². The summed E-state index contributed by atoms with van der Waals surface area (Å²) in [7, 11) is 1.47. The van der Waals surface area contributed by atoms with E-state index in [0.717, 1.165) is 0 Å². The van der Waals surface area contributed by atoms with Crippen molar-refractivity contribution in [2.75, 3.05) is 12.4 Å². The van der Waals surface area contributed by atoms with Crippen LogP contribution in [0.15, 0.2) is 24.3 Å². The fourth-order valence-electron chi connectivity index (χ4n) is 1.75. The van der Waals surface area contributed by atoms with E-state index >= 15 is 0 Å². The van der Waals surface area contributed by atoms with Crippen molar-refractivity contribution in [3.8, 4) is 11.5 Å². The smallest absolute Gasteiger partial charge is 0.259 e. The minimum Gasteiger partial charge on any atom is -0.507 e. The number of phenolic OH excluding ortho intramolecular Hbond substituents is 1. The first-order chi connectivity index (χ1) is 9.92. The van der Waals surface area contributed by atoms with Crippen LogP contribution in [0.25, 0.3) is 0 Å². The van der Waals surface area contributed by atoms with E-state index in [0.29, 0.717) is 17.0 Å². The van der Waals surface area contributed by atoms with Gasteiger partial charge in [0.05, 0.1) is 18.4 Å². The number of phenols is 1. The molecule has 0 saturated heterocycles. The third kappa shape index (κ3) is 3.37. The molecule has 1 aromatic carbocycles. The van der Waals surface area contributed by atoms with Crippen LogP contribution in [0.4, 0.5) is 5.69 Å². The Hall–Kier alpha value is -1.98. The molecule has 2 N–H and O–H groups in total. The Morgan fingerprint density at radius 2 is 2.05 bits per heavy atom. The predicted octanol–water partition coefficient (Wildman–Crippen LogP) is 3.66. The van der Waals surface area contributed by atoms with Crippen LogP contribution in [0, 0.1) is 6.92 Å². The van der Waals surface area contributed by atoms with Crippen LogP contribution in [0.2, 0.25) is 10.3 Å². The Labute approximate surface area is 131 Å². The number of aromatic hydroxyl groups is 1. The molecule has 0 atom stereocenters. The second kappa shape index (κ2) is 6.20. The van der Waals surface area contributed by atoms with Crippen molar-refractivity contribution in [1.29, 1.82) is 0 Å². The summed E-state index contributed by atoms with van der Waals surface area (Å²) in [6, 6.07) is 5.93. The average molecular weight is 327 g/mol. The van der Waals surface area contributed by atoms with Crippen molar-refractivity contribution >= 4 is 34.8 Å². The fourth-order valence-corrected chi connectivity index (χ4v) is 2.33. The van der Waals surface area contributed by atoms with E-state index in [4.69, 9.17) is 27.9 Å². The summed E-state index contributed by atoms with van der Waals surface area (Å²) in [5.41, 5.74) is 1.07. The summed E-state index contributed by atoms with van der Waals surface area (Å²) in [4.78, 5) is 16.1. The van der Waals surface area contributed by atoms with Crippen molar-refractivity contribution in [2.45, 2.75) is 6.92 Å². The molecule has 0 aliphatic carbocycles. The standard InChI is InChI=1S/C14H12Cl2N2O3/c1-7-5-11(15)17-13(16)12(7)18-14(20)9-6-8(21-2)3-4-10(9)19/h3-6,19H,1-2H3,(H,18,20). The Kier molecular flexibility index (Phi) is 4.55. The quantitative estimate of drug-likeness (QED) is 0.844. The molecule has 7 heteroatoms. The van der Waals surface area contributed by atoms with Crippen molar-refractivity contribution in [3.05, 3.63) is 45.7 Å². The highest BCUT2D eigenvalue weighted by atomic mass is 35.5. The number of hydrogen-bond acceptors (Lipinski definition) is 4. The van der Waals surface area contributed by atoms with Gasteiger partial charge in [0.1, 0.15) is 16.7 Å². The van der Waals surface area contributed by atoms with Gasteiger partial charge in [-0.15, -0.1) is 0 Å². The lowest BCUT2D eigenvalue weighted by atomic mass is 10.1. The highest BCUT2D eigenvalue weighted by molar-refractivity contribution is 6.35. The minimum atomic E-state index is -0.527. The van der Waals surface area contributed by atoms with Crippen LogP contribution in [0.3, 0.4) is 0 Å². The van der Waals surface area contributed by atoms with Gasteiger partial charge in [-0.3, -0.25) is 4.79 Å². The molecule has 0 aliphatic rings. The largest absolute Gasteiger partial charge is 0.507 e. The number of nitrogens with zero attached hydrogens (tertiary/aromatic N) is 1. The van der Waals surface area contributed by atoms with Gasteiger partial charge < -0.3 is 15.2 Å². The molecule has 21 heavy (non-hydrogen) atoms. The summed E-state index contributed by atoms with van der Waals surface area (Å²) >= 11 is 11.7. The number of methoxy groups -OCH3 is 1. The maximum Gasteiger partial charge on any atom is 0.259 e. The van der Waals surface area contributed by atoms with E-state index in [1.54, 1.807) is 19.1 Å². The van der Waals surface area contributed by atoms with Crippen LogP contribution in [-0.2, 0) is 0 Å². The monoisotopic (exact) mass is 326 g/mol. The van der Waals surface area contributed by atoms with Crippen molar-refractivity contribution < 1.29 is 14.6 Å². The van der Waals surface area contributed by atoms with Crippen molar-refractivity contribution in [2.24, 2.45) is 0 Å². The second-order valence-corrected chi connectivity index (χ2v) is 5.01. The Morgan fingerprint density at radius 1 is 1.33 bits per heavy atom. The van der Waals surface area contributed by atoms with E-state index in [9.17, 15) is 9.90 Å². The van der Waals surface area contributed by atoms with E-state index in [-0.39, 0.29) is 21.6 Å². The highest BCUT2D eigenvalue weighted by Crippen LogP contribution is 2.29. The number of carbonyl (C=O) groups is 1. The Bertz CT molecular complexity index is 682. The number of pyridine rings is 1. The van der Waals surface area contributed by atoms with Gasteiger partial charge in [-0.1, -0.05) is 23.2 Å². The van der Waals surface area contributed by atoms with Crippen LogP contribution in [0.5, 0.6) is 11.5 Å². The number of rotatable bonds is 3. The number of hydrogen-bond donors (Lipinski definition) is 2. The molecule has 0 spiro atoms. The molecule has 1 amide bonds. The van der Waals surface area contributed by atoms with Gasteiger partial charge in [0.25, 0.3) is 5.91 Å². The summed E-state index contributed by atoms with van der Waals surface area (Å²) < 4.78 is 5.03.